The lowest BCUT2D eigenvalue weighted by Crippen LogP contribution is -2.07. The minimum Gasteiger partial charge on any atom is -0.497 e. The molecular formula is C23H21FN4O2. The van der Waals surface area contributed by atoms with E-state index in [0.29, 0.717) is 41.7 Å². The summed E-state index contributed by atoms with van der Waals surface area (Å²) in [5, 5.41) is 3.23. The Hall–Kier alpha value is -3.74. The van der Waals surface area contributed by atoms with Crippen LogP contribution in [-0.2, 0) is 6.54 Å². The second-order valence-electron chi connectivity index (χ2n) is 6.56. The summed E-state index contributed by atoms with van der Waals surface area (Å²) in [5.41, 5.74) is 3.81. The zero-order chi connectivity index (χ0) is 20.9. The van der Waals surface area contributed by atoms with Crippen LogP contribution >= 0.6 is 0 Å². The van der Waals surface area contributed by atoms with E-state index in [2.05, 4.69) is 20.3 Å². The normalized spacial score (nSPS) is 10.8. The molecule has 0 amide bonds. The number of hydrogen-bond acceptors (Lipinski definition) is 6. The maximum atomic E-state index is 13.2. The molecule has 2 heterocycles. The van der Waals surface area contributed by atoms with Crippen molar-refractivity contribution in [2.45, 2.75) is 13.5 Å². The largest absolute Gasteiger partial charge is 0.497 e. The zero-order valence-electron chi connectivity index (χ0n) is 16.7. The second-order valence-corrected chi connectivity index (χ2v) is 6.56. The first-order valence-electron chi connectivity index (χ1n) is 9.60. The number of anilines is 1. The summed E-state index contributed by atoms with van der Waals surface area (Å²) in [5.74, 6) is 1.38. The molecule has 0 saturated carbocycles. The van der Waals surface area contributed by atoms with Crippen molar-refractivity contribution in [3.63, 3.8) is 0 Å². The van der Waals surface area contributed by atoms with E-state index in [-0.39, 0.29) is 5.82 Å². The predicted molar refractivity (Wildman–Crippen MR) is 114 cm³/mol. The van der Waals surface area contributed by atoms with Gasteiger partial charge in [-0.15, -0.1) is 0 Å². The molecule has 0 aliphatic rings. The van der Waals surface area contributed by atoms with Gasteiger partial charge in [-0.25, -0.2) is 14.4 Å². The number of halogens is 1. The quantitative estimate of drug-likeness (QED) is 0.475. The van der Waals surface area contributed by atoms with Gasteiger partial charge in [0.25, 0.3) is 0 Å². The summed E-state index contributed by atoms with van der Waals surface area (Å²) in [6, 6.07) is 17.7. The van der Waals surface area contributed by atoms with Gasteiger partial charge in [0.05, 0.1) is 24.9 Å². The van der Waals surface area contributed by atoms with Gasteiger partial charge in [0.1, 0.15) is 11.6 Å². The number of rotatable bonds is 7. The molecule has 7 heteroatoms. The molecule has 2 aromatic carbocycles. The van der Waals surface area contributed by atoms with E-state index in [9.17, 15) is 4.39 Å². The molecule has 4 rings (SSSR count). The molecule has 6 nitrogen and oxygen atoms in total. The molecular weight excluding hydrogens is 383 g/mol. The lowest BCUT2D eigenvalue weighted by atomic mass is 10.1. The van der Waals surface area contributed by atoms with Gasteiger partial charge in [0.15, 0.2) is 5.52 Å². The van der Waals surface area contributed by atoms with Crippen molar-refractivity contribution in [2.24, 2.45) is 0 Å². The van der Waals surface area contributed by atoms with E-state index >= 15 is 0 Å². The van der Waals surface area contributed by atoms with Crippen molar-refractivity contribution in [3.8, 4) is 22.9 Å². The molecule has 2 aromatic heterocycles. The van der Waals surface area contributed by atoms with Gasteiger partial charge >= 0.3 is 0 Å². The molecule has 0 aliphatic carbocycles. The van der Waals surface area contributed by atoms with Gasteiger partial charge in [-0.2, -0.15) is 4.98 Å². The van der Waals surface area contributed by atoms with Gasteiger partial charge < -0.3 is 14.8 Å². The third-order valence-electron chi connectivity index (χ3n) is 4.54. The average molecular weight is 404 g/mol. The fourth-order valence-electron chi connectivity index (χ4n) is 3.01. The van der Waals surface area contributed by atoms with Crippen molar-refractivity contribution >= 4 is 17.0 Å². The molecule has 0 unspecified atom stereocenters. The summed E-state index contributed by atoms with van der Waals surface area (Å²) in [6.07, 6.45) is 0. The Balaban J connectivity index is 1.63. The summed E-state index contributed by atoms with van der Waals surface area (Å²) < 4.78 is 24.1. The fourth-order valence-corrected chi connectivity index (χ4v) is 3.01. The molecule has 0 fully saturated rings. The Bertz CT molecular complexity index is 1150. The van der Waals surface area contributed by atoms with Crippen LogP contribution < -0.4 is 14.8 Å². The number of aromatic nitrogens is 3. The van der Waals surface area contributed by atoms with Gasteiger partial charge in [-0.1, -0.05) is 12.1 Å². The van der Waals surface area contributed by atoms with Gasteiger partial charge in [-0.3, -0.25) is 0 Å². The van der Waals surface area contributed by atoms with Crippen LogP contribution in [0.3, 0.4) is 0 Å². The number of fused-ring (bicyclic) bond motifs is 1. The van der Waals surface area contributed by atoms with Crippen LogP contribution in [0.4, 0.5) is 10.3 Å². The summed E-state index contributed by atoms with van der Waals surface area (Å²) in [4.78, 5) is 13.7. The first-order valence-corrected chi connectivity index (χ1v) is 9.60. The Labute approximate surface area is 173 Å². The van der Waals surface area contributed by atoms with Crippen LogP contribution in [0.15, 0.2) is 60.7 Å². The lowest BCUT2D eigenvalue weighted by molar-refractivity contribution is 0.330. The molecule has 0 aliphatic heterocycles. The van der Waals surface area contributed by atoms with Crippen molar-refractivity contribution in [1.29, 1.82) is 0 Å². The van der Waals surface area contributed by atoms with Crippen LogP contribution in [0.25, 0.3) is 22.3 Å². The zero-order valence-corrected chi connectivity index (χ0v) is 16.7. The summed E-state index contributed by atoms with van der Waals surface area (Å²) in [7, 11) is 1.64. The number of benzene rings is 2. The third kappa shape index (κ3) is 4.30. The van der Waals surface area contributed by atoms with Crippen molar-refractivity contribution in [2.75, 3.05) is 19.0 Å². The first-order chi connectivity index (χ1) is 14.7. The summed E-state index contributed by atoms with van der Waals surface area (Å²) >= 11 is 0. The first kappa shape index (κ1) is 19.6. The highest BCUT2D eigenvalue weighted by Gasteiger charge is 2.12. The minimum atomic E-state index is -0.287. The maximum Gasteiger partial charge on any atom is 0.245 e. The van der Waals surface area contributed by atoms with Crippen LogP contribution in [0.1, 0.15) is 12.5 Å². The predicted octanol–water partition coefficient (Wildman–Crippen LogP) is 4.85. The molecule has 0 saturated heterocycles. The number of hydrogen-bond donors (Lipinski definition) is 1. The highest BCUT2D eigenvalue weighted by molar-refractivity contribution is 5.83. The molecule has 0 radical (unpaired) electrons. The maximum absolute atomic E-state index is 13.2. The molecule has 0 bridgehead atoms. The van der Waals surface area contributed by atoms with Crippen molar-refractivity contribution in [1.82, 2.24) is 15.0 Å². The highest BCUT2D eigenvalue weighted by atomic mass is 19.1. The van der Waals surface area contributed by atoms with E-state index in [1.807, 2.05) is 43.3 Å². The Morgan fingerprint density at radius 2 is 1.67 bits per heavy atom. The number of nitrogens with one attached hydrogen (secondary N) is 1. The topological polar surface area (TPSA) is 69.2 Å². The van der Waals surface area contributed by atoms with Crippen molar-refractivity contribution < 1.29 is 13.9 Å². The van der Waals surface area contributed by atoms with E-state index in [0.717, 1.165) is 16.9 Å². The van der Waals surface area contributed by atoms with Gasteiger partial charge in [-0.05, 0) is 61.0 Å². The Morgan fingerprint density at radius 1 is 0.900 bits per heavy atom. The smallest absolute Gasteiger partial charge is 0.245 e. The lowest BCUT2D eigenvalue weighted by Gasteiger charge is -2.11. The fraction of sp³-hybridized carbons (Fsp3) is 0.174. The molecule has 152 valence electrons. The standard InChI is InChI=1S/C23H21FN4O2/c1-3-30-22-21-20(13-12-19(26-21)16-6-8-17(24)9-7-16)27-23(28-22)25-14-15-4-10-18(29-2)11-5-15/h4-13H,3,14H2,1-2H3,(H,25,27,28). The molecule has 0 spiro atoms. The summed E-state index contributed by atoms with van der Waals surface area (Å²) in [6.45, 7) is 2.90. The van der Waals surface area contributed by atoms with Crippen LogP contribution in [0.5, 0.6) is 11.6 Å². The average Bonchev–Trinajstić information content (AvgIpc) is 2.78. The Kier molecular flexibility index (Phi) is 5.70. The van der Waals surface area contributed by atoms with E-state index in [1.165, 1.54) is 12.1 Å². The number of ether oxygens (including phenoxy) is 2. The molecule has 1 N–H and O–H groups in total. The van der Waals surface area contributed by atoms with Crippen LogP contribution in [0, 0.1) is 5.82 Å². The number of pyridine rings is 1. The molecule has 4 aromatic rings. The van der Waals surface area contributed by atoms with Gasteiger partial charge in [0.2, 0.25) is 11.8 Å². The SMILES string of the molecule is CCOc1nc(NCc2ccc(OC)cc2)nc2ccc(-c3ccc(F)cc3)nc12. The van der Waals surface area contributed by atoms with E-state index in [4.69, 9.17) is 9.47 Å². The monoisotopic (exact) mass is 404 g/mol. The van der Waals surface area contributed by atoms with Crippen LogP contribution in [0.2, 0.25) is 0 Å². The number of nitrogens with zero attached hydrogens (tertiary/aromatic N) is 3. The van der Waals surface area contributed by atoms with E-state index < -0.39 is 0 Å². The Morgan fingerprint density at radius 3 is 2.37 bits per heavy atom. The number of methoxy groups -OCH3 is 1. The third-order valence-corrected chi connectivity index (χ3v) is 4.54. The molecule has 30 heavy (non-hydrogen) atoms. The van der Waals surface area contributed by atoms with Gasteiger partial charge in [0, 0.05) is 12.1 Å². The van der Waals surface area contributed by atoms with Crippen molar-refractivity contribution in [3.05, 3.63) is 72.0 Å². The second kappa shape index (κ2) is 8.73. The highest BCUT2D eigenvalue weighted by Crippen LogP contribution is 2.27. The van der Waals surface area contributed by atoms with E-state index in [1.54, 1.807) is 19.2 Å². The van der Waals surface area contributed by atoms with Crippen LogP contribution in [-0.4, -0.2) is 28.7 Å². The molecule has 0 atom stereocenters. The minimum absolute atomic E-state index is 0.287.